The van der Waals surface area contributed by atoms with Crippen LogP contribution in [0.15, 0.2) is 24.3 Å². The maximum Gasteiger partial charge on any atom is 0.350 e. The SMILES string of the molecule is O=C1NCC[C@H]1C[C@H](NC(=O)[C@H]1[C@@H]2CCC[C@@H]2CN1C(=O)C(F)(F)c1cccc(Cl)c1)C(=O)CF. The summed E-state index contributed by atoms with van der Waals surface area (Å²) in [5, 5.41) is 5.16. The normalized spacial score (nSPS) is 26.9. The summed E-state index contributed by atoms with van der Waals surface area (Å²) in [6, 6.07) is 2.33. The molecule has 0 radical (unpaired) electrons. The average Bonchev–Trinajstić information content (AvgIpc) is 3.53. The molecule has 2 heterocycles. The van der Waals surface area contributed by atoms with Crippen LogP contribution < -0.4 is 10.6 Å². The van der Waals surface area contributed by atoms with E-state index >= 15 is 8.78 Å². The van der Waals surface area contributed by atoms with Gasteiger partial charge in [0.1, 0.15) is 12.7 Å². The summed E-state index contributed by atoms with van der Waals surface area (Å²) in [5.74, 6) is -8.43. The van der Waals surface area contributed by atoms with Gasteiger partial charge in [-0.25, -0.2) is 4.39 Å². The summed E-state index contributed by atoms with van der Waals surface area (Å²) < 4.78 is 43.7. The summed E-state index contributed by atoms with van der Waals surface area (Å²) in [5.41, 5.74) is -0.580. The molecule has 35 heavy (non-hydrogen) atoms. The van der Waals surface area contributed by atoms with Crippen molar-refractivity contribution in [2.24, 2.45) is 17.8 Å². The number of fused-ring (bicyclic) bond motifs is 1. The second-order valence-electron chi connectivity index (χ2n) is 9.52. The average molecular weight is 514 g/mol. The molecule has 1 aromatic carbocycles. The van der Waals surface area contributed by atoms with Gasteiger partial charge in [0.05, 0.1) is 6.04 Å². The van der Waals surface area contributed by atoms with E-state index in [0.717, 1.165) is 23.5 Å². The molecular weight excluding hydrogens is 487 g/mol. The lowest BCUT2D eigenvalue weighted by Crippen LogP contribution is -2.55. The number of hydrogen-bond donors (Lipinski definition) is 2. The Kier molecular flexibility index (Phi) is 7.40. The fourth-order valence-corrected chi connectivity index (χ4v) is 5.80. The molecule has 3 aliphatic rings. The molecular formula is C24H27ClF3N3O4. The third-order valence-electron chi connectivity index (χ3n) is 7.40. The van der Waals surface area contributed by atoms with Crippen molar-refractivity contribution in [2.45, 2.75) is 50.1 Å². The Labute approximate surface area is 205 Å². The lowest BCUT2D eigenvalue weighted by molar-refractivity contribution is -0.162. The highest BCUT2D eigenvalue weighted by molar-refractivity contribution is 6.30. The van der Waals surface area contributed by atoms with Crippen LogP contribution in [-0.4, -0.2) is 60.3 Å². The molecule has 4 rings (SSSR count). The molecule has 3 fully saturated rings. The van der Waals surface area contributed by atoms with Gasteiger partial charge in [-0.2, -0.15) is 8.78 Å². The number of rotatable bonds is 8. The fraction of sp³-hybridized carbons (Fsp3) is 0.583. The first-order valence-electron chi connectivity index (χ1n) is 11.7. The highest BCUT2D eigenvalue weighted by Crippen LogP contribution is 2.44. The van der Waals surface area contributed by atoms with Crippen LogP contribution in [-0.2, 0) is 25.1 Å². The molecule has 11 heteroatoms. The highest BCUT2D eigenvalue weighted by Gasteiger charge is 2.55. The van der Waals surface area contributed by atoms with Crippen LogP contribution in [0.5, 0.6) is 0 Å². The van der Waals surface area contributed by atoms with Gasteiger partial charge >= 0.3 is 5.92 Å². The largest absolute Gasteiger partial charge is 0.356 e. The first-order chi connectivity index (χ1) is 16.6. The molecule has 0 spiro atoms. The molecule has 0 bridgehead atoms. The lowest BCUT2D eigenvalue weighted by atomic mass is 9.92. The van der Waals surface area contributed by atoms with Gasteiger partial charge in [-0.3, -0.25) is 19.2 Å². The van der Waals surface area contributed by atoms with Crippen molar-refractivity contribution in [3.05, 3.63) is 34.9 Å². The number of amides is 3. The summed E-state index contributed by atoms with van der Waals surface area (Å²) in [4.78, 5) is 51.5. The third-order valence-corrected chi connectivity index (χ3v) is 7.63. The number of benzene rings is 1. The van der Waals surface area contributed by atoms with E-state index in [9.17, 15) is 23.6 Å². The second kappa shape index (κ2) is 10.2. The number of halogens is 4. The minimum absolute atomic E-state index is 0.00943. The Hall–Kier alpha value is -2.62. The van der Waals surface area contributed by atoms with Crippen LogP contribution >= 0.6 is 11.6 Å². The zero-order chi connectivity index (χ0) is 25.3. The van der Waals surface area contributed by atoms with Crippen molar-refractivity contribution >= 4 is 35.1 Å². The van der Waals surface area contributed by atoms with E-state index < -0.39 is 53.8 Å². The number of hydrogen-bond acceptors (Lipinski definition) is 4. The van der Waals surface area contributed by atoms with Gasteiger partial charge in [0.25, 0.3) is 5.91 Å². The van der Waals surface area contributed by atoms with Crippen LogP contribution in [0.3, 0.4) is 0 Å². The van der Waals surface area contributed by atoms with Crippen molar-refractivity contribution in [2.75, 3.05) is 19.8 Å². The van der Waals surface area contributed by atoms with E-state index in [0.29, 0.717) is 25.8 Å². The molecule has 3 amide bonds. The van der Waals surface area contributed by atoms with Crippen molar-refractivity contribution in [1.29, 1.82) is 0 Å². The quantitative estimate of drug-likeness (QED) is 0.558. The molecule has 190 valence electrons. The molecule has 5 atom stereocenters. The predicted octanol–water partition coefficient (Wildman–Crippen LogP) is 2.61. The predicted molar refractivity (Wildman–Crippen MR) is 120 cm³/mol. The number of likely N-dealkylation sites (tertiary alicyclic amines) is 1. The summed E-state index contributed by atoms with van der Waals surface area (Å²) >= 11 is 5.84. The maximum absolute atomic E-state index is 15.2. The minimum Gasteiger partial charge on any atom is -0.356 e. The van der Waals surface area contributed by atoms with Gasteiger partial charge in [0.2, 0.25) is 11.8 Å². The van der Waals surface area contributed by atoms with Crippen LogP contribution in [0, 0.1) is 17.8 Å². The molecule has 7 nitrogen and oxygen atoms in total. The Morgan fingerprint density at radius 1 is 1.23 bits per heavy atom. The van der Waals surface area contributed by atoms with E-state index in [-0.39, 0.29) is 35.7 Å². The van der Waals surface area contributed by atoms with Crippen molar-refractivity contribution in [1.82, 2.24) is 15.5 Å². The van der Waals surface area contributed by atoms with Gasteiger partial charge in [-0.1, -0.05) is 30.2 Å². The van der Waals surface area contributed by atoms with E-state index in [4.69, 9.17) is 11.6 Å². The minimum atomic E-state index is -3.92. The summed E-state index contributed by atoms with van der Waals surface area (Å²) in [7, 11) is 0. The Balaban J connectivity index is 1.57. The van der Waals surface area contributed by atoms with Gasteiger partial charge in [0, 0.05) is 29.6 Å². The third kappa shape index (κ3) is 5.03. The fourth-order valence-electron chi connectivity index (χ4n) is 5.61. The smallest absolute Gasteiger partial charge is 0.350 e. The summed E-state index contributed by atoms with van der Waals surface area (Å²) in [6.45, 7) is -0.933. The standard InChI is InChI=1S/C24H27ClF3N3O4/c25-16-5-2-4-15(10-16)24(27,28)23(35)31-12-14-3-1-6-17(14)20(31)22(34)30-18(19(32)11-26)9-13-7-8-29-21(13)33/h2,4-5,10,13-14,17-18,20H,1,3,6-9,11-12H2,(H,29,33)(H,30,34)/t13-,14+,17+,18-,20+/m0/s1. The van der Waals surface area contributed by atoms with Crippen LogP contribution in [0.4, 0.5) is 13.2 Å². The zero-order valence-corrected chi connectivity index (χ0v) is 19.7. The molecule has 1 aliphatic carbocycles. The first kappa shape index (κ1) is 25.5. The number of ketones is 1. The van der Waals surface area contributed by atoms with Crippen LogP contribution in [0.1, 0.15) is 37.7 Å². The molecule has 0 unspecified atom stereocenters. The van der Waals surface area contributed by atoms with Crippen molar-refractivity contribution in [3.63, 3.8) is 0 Å². The Morgan fingerprint density at radius 3 is 2.66 bits per heavy atom. The van der Waals surface area contributed by atoms with E-state index in [1.54, 1.807) is 0 Å². The Morgan fingerprint density at radius 2 is 2.00 bits per heavy atom. The number of nitrogens with zero attached hydrogens (tertiary/aromatic N) is 1. The maximum atomic E-state index is 15.2. The number of nitrogens with one attached hydrogen (secondary N) is 2. The van der Waals surface area contributed by atoms with Gasteiger partial charge in [0.15, 0.2) is 5.78 Å². The van der Waals surface area contributed by atoms with E-state index in [2.05, 4.69) is 10.6 Å². The lowest BCUT2D eigenvalue weighted by Gasteiger charge is -2.31. The molecule has 0 aromatic heterocycles. The van der Waals surface area contributed by atoms with Crippen LogP contribution in [0.25, 0.3) is 0 Å². The van der Waals surface area contributed by atoms with Gasteiger partial charge in [-0.05, 0) is 49.7 Å². The number of carbonyl (C=O) groups excluding carboxylic acids is 4. The molecule has 2 aliphatic heterocycles. The van der Waals surface area contributed by atoms with Gasteiger partial charge in [-0.15, -0.1) is 0 Å². The molecule has 1 saturated carbocycles. The monoisotopic (exact) mass is 513 g/mol. The topological polar surface area (TPSA) is 95.6 Å². The van der Waals surface area contributed by atoms with Crippen molar-refractivity contribution in [3.8, 4) is 0 Å². The van der Waals surface area contributed by atoms with E-state index in [1.807, 2.05) is 0 Å². The number of Topliss-reactive ketones (excluding diaryl/α,β-unsaturated/α-hetero) is 1. The van der Waals surface area contributed by atoms with Crippen molar-refractivity contribution < 1.29 is 32.3 Å². The second-order valence-corrected chi connectivity index (χ2v) is 9.95. The van der Waals surface area contributed by atoms with Crippen LogP contribution in [0.2, 0.25) is 5.02 Å². The zero-order valence-electron chi connectivity index (χ0n) is 18.9. The summed E-state index contributed by atoms with van der Waals surface area (Å²) in [6.07, 6.45) is 2.40. The molecule has 2 saturated heterocycles. The number of carbonyl (C=O) groups is 4. The van der Waals surface area contributed by atoms with E-state index in [1.165, 1.54) is 12.1 Å². The highest BCUT2D eigenvalue weighted by atomic mass is 35.5. The van der Waals surface area contributed by atoms with Gasteiger partial charge < -0.3 is 15.5 Å². The molecule has 1 aromatic rings. The number of alkyl halides is 3. The molecule has 2 N–H and O–H groups in total. The first-order valence-corrected chi connectivity index (χ1v) is 12.1. The Bertz CT molecular complexity index is 1020.